The van der Waals surface area contributed by atoms with Crippen LogP contribution in [0, 0.1) is 0 Å². The van der Waals surface area contributed by atoms with E-state index in [4.69, 9.17) is 16.3 Å². The van der Waals surface area contributed by atoms with Gasteiger partial charge < -0.3 is 14.5 Å². The summed E-state index contributed by atoms with van der Waals surface area (Å²) in [6, 6.07) is 16.9. The SMILES string of the molecule is C=CCN(CC(=O)N1CCc2sccc2C1c1ccc(Cl)cc1)C(=O)Cc1ccc(OC)cc1. The van der Waals surface area contributed by atoms with Crippen molar-refractivity contribution >= 4 is 34.8 Å². The monoisotopic (exact) mass is 494 g/mol. The first kappa shape index (κ1) is 24.0. The lowest BCUT2D eigenvalue weighted by molar-refractivity contribution is -0.141. The Morgan fingerprint density at radius 1 is 1.18 bits per heavy atom. The van der Waals surface area contributed by atoms with E-state index in [0.717, 1.165) is 28.9 Å². The predicted octanol–water partition coefficient (Wildman–Crippen LogP) is 5.14. The molecule has 0 saturated heterocycles. The largest absolute Gasteiger partial charge is 0.497 e. The first-order chi connectivity index (χ1) is 16.5. The molecule has 1 unspecified atom stereocenters. The Hall–Kier alpha value is -3.09. The van der Waals surface area contributed by atoms with E-state index in [9.17, 15) is 9.59 Å². The van der Waals surface area contributed by atoms with Gasteiger partial charge in [0.15, 0.2) is 0 Å². The average Bonchev–Trinajstić information content (AvgIpc) is 3.33. The molecular weight excluding hydrogens is 468 g/mol. The van der Waals surface area contributed by atoms with Crippen LogP contribution >= 0.6 is 22.9 Å². The van der Waals surface area contributed by atoms with E-state index in [1.165, 1.54) is 4.88 Å². The third-order valence-electron chi connectivity index (χ3n) is 6.01. The third kappa shape index (κ3) is 5.34. The molecule has 3 aromatic rings. The van der Waals surface area contributed by atoms with Gasteiger partial charge in [-0.3, -0.25) is 9.59 Å². The van der Waals surface area contributed by atoms with Gasteiger partial charge in [0, 0.05) is 23.0 Å². The van der Waals surface area contributed by atoms with Crippen molar-refractivity contribution in [1.82, 2.24) is 9.80 Å². The number of amides is 2. The zero-order chi connectivity index (χ0) is 24.1. The Bertz CT molecular complexity index is 1160. The Balaban J connectivity index is 1.53. The minimum absolute atomic E-state index is 0.00453. The third-order valence-corrected chi connectivity index (χ3v) is 7.26. The van der Waals surface area contributed by atoms with Crippen LogP contribution in [0.1, 0.15) is 27.6 Å². The van der Waals surface area contributed by atoms with Gasteiger partial charge in [0.05, 0.1) is 19.6 Å². The molecule has 0 radical (unpaired) electrons. The van der Waals surface area contributed by atoms with Crippen LogP contribution in [0.2, 0.25) is 5.02 Å². The first-order valence-corrected chi connectivity index (χ1v) is 12.4. The summed E-state index contributed by atoms with van der Waals surface area (Å²) in [5, 5.41) is 2.73. The molecule has 1 aliphatic heterocycles. The molecule has 0 N–H and O–H groups in total. The highest BCUT2D eigenvalue weighted by Crippen LogP contribution is 2.38. The van der Waals surface area contributed by atoms with Crippen molar-refractivity contribution in [3.63, 3.8) is 0 Å². The minimum Gasteiger partial charge on any atom is -0.497 e. The Labute approximate surface area is 209 Å². The molecule has 2 heterocycles. The topological polar surface area (TPSA) is 49.9 Å². The molecule has 7 heteroatoms. The van der Waals surface area contributed by atoms with Crippen LogP contribution in [-0.2, 0) is 22.4 Å². The minimum atomic E-state index is -0.193. The van der Waals surface area contributed by atoms with Crippen LogP contribution in [-0.4, -0.2) is 48.4 Å². The van der Waals surface area contributed by atoms with Gasteiger partial charge >= 0.3 is 0 Å². The fourth-order valence-electron chi connectivity index (χ4n) is 4.28. The van der Waals surface area contributed by atoms with E-state index in [-0.39, 0.29) is 30.8 Å². The molecule has 1 aromatic heterocycles. The van der Waals surface area contributed by atoms with E-state index in [1.54, 1.807) is 29.4 Å². The van der Waals surface area contributed by atoms with Gasteiger partial charge in [0.1, 0.15) is 12.3 Å². The lowest BCUT2D eigenvalue weighted by Crippen LogP contribution is -2.47. The summed E-state index contributed by atoms with van der Waals surface area (Å²) in [6.45, 7) is 4.70. The predicted molar refractivity (Wildman–Crippen MR) is 137 cm³/mol. The van der Waals surface area contributed by atoms with Crippen molar-refractivity contribution in [2.45, 2.75) is 18.9 Å². The number of fused-ring (bicyclic) bond motifs is 1. The number of hydrogen-bond acceptors (Lipinski definition) is 4. The molecule has 0 fully saturated rings. The summed E-state index contributed by atoms with van der Waals surface area (Å²) < 4.78 is 5.19. The molecule has 34 heavy (non-hydrogen) atoms. The zero-order valence-corrected chi connectivity index (χ0v) is 20.6. The Morgan fingerprint density at radius 2 is 1.91 bits per heavy atom. The normalized spacial score (nSPS) is 14.9. The van der Waals surface area contributed by atoms with E-state index in [2.05, 4.69) is 18.0 Å². The Morgan fingerprint density at radius 3 is 2.59 bits per heavy atom. The number of benzene rings is 2. The molecule has 0 bridgehead atoms. The van der Waals surface area contributed by atoms with E-state index in [0.29, 0.717) is 18.1 Å². The number of methoxy groups -OCH3 is 1. The van der Waals surface area contributed by atoms with Gasteiger partial charge in [-0.15, -0.1) is 17.9 Å². The molecule has 1 atom stereocenters. The van der Waals surface area contributed by atoms with Gasteiger partial charge in [-0.1, -0.05) is 41.9 Å². The summed E-state index contributed by atoms with van der Waals surface area (Å²) >= 11 is 7.83. The molecule has 4 rings (SSSR count). The van der Waals surface area contributed by atoms with Crippen LogP contribution in [0.4, 0.5) is 0 Å². The summed E-state index contributed by atoms with van der Waals surface area (Å²) in [5.74, 6) is 0.539. The van der Waals surface area contributed by atoms with Crippen molar-refractivity contribution in [2.24, 2.45) is 0 Å². The highest BCUT2D eigenvalue weighted by atomic mass is 35.5. The summed E-state index contributed by atoms with van der Waals surface area (Å²) in [5.41, 5.74) is 3.02. The fourth-order valence-corrected chi connectivity index (χ4v) is 5.31. The molecule has 0 saturated carbocycles. The summed E-state index contributed by atoms with van der Waals surface area (Å²) in [6.07, 6.45) is 2.67. The van der Waals surface area contributed by atoms with E-state index >= 15 is 0 Å². The number of hydrogen-bond donors (Lipinski definition) is 0. The lowest BCUT2D eigenvalue weighted by Gasteiger charge is -2.37. The van der Waals surface area contributed by atoms with Gasteiger partial charge in [-0.05, 0) is 58.8 Å². The van der Waals surface area contributed by atoms with Crippen molar-refractivity contribution in [3.8, 4) is 5.75 Å². The van der Waals surface area contributed by atoms with Gasteiger partial charge in [0.2, 0.25) is 11.8 Å². The van der Waals surface area contributed by atoms with Crippen LogP contribution in [0.3, 0.4) is 0 Å². The maximum Gasteiger partial charge on any atom is 0.243 e. The number of rotatable bonds is 8. The smallest absolute Gasteiger partial charge is 0.243 e. The van der Waals surface area contributed by atoms with Crippen molar-refractivity contribution in [1.29, 1.82) is 0 Å². The Kier molecular flexibility index (Phi) is 7.70. The van der Waals surface area contributed by atoms with Gasteiger partial charge in [-0.25, -0.2) is 0 Å². The first-order valence-electron chi connectivity index (χ1n) is 11.1. The quantitative estimate of drug-likeness (QED) is 0.407. The summed E-state index contributed by atoms with van der Waals surface area (Å²) in [4.78, 5) is 31.4. The second-order valence-electron chi connectivity index (χ2n) is 8.18. The number of ether oxygens (including phenoxy) is 1. The lowest BCUT2D eigenvalue weighted by atomic mass is 9.93. The molecular formula is C27H27ClN2O3S. The number of thiophene rings is 1. The molecule has 5 nitrogen and oxygen atoms in total. The maximum atomic E-state index is 13.6. The molecule has 1 aliphatic rings. The second kappa shape index (κ2) is 10.9. The number of carbonyl (C=O) groups excluding carboxylic acids is 2. The van der Waals surface area contributed by atoms with Gasteiger partial charge in [0.25, 0.3) is 0 Å². The molecule has 0 aliphatic carbocycles. The van der Waals surface area contributed by atoms with E-state index < -0.39 is 0 Å². The number of carbonyl (C=O) groups is 2. The standard InChI is InChI=1S/C27H27ClN2O3S/c1-3-14-29(25(31)17-19-4-10-22(33-2)11-5-19)18-26(32)30-15-12-24-23(13-16-34-24)27(30)20-6-8-21(28)9-7-20/h3-11,13,16,27H,1,12,14-15,17-18H2,2H3. The molecule has 2 amide bonds. The highest BCUT2D eigenvalue weighted by molar-refractivity contribution is 7.10. The van der Waals surface area contributed by atoms with Crippen LogP contribution < -0.4 is 4.74 Å². The number of halogens is 1. The van der Waals surface area contributed by atoms with Crippen LogP contribution in [0.25, 0.3) is 0 Å². The second-order valence-corrected chi connectivity index (χ2v) is 9.62. The van der Waals surface area contributed by atoms with Crippen LogP contribution in [0.15, 0.2) is 72.6 Å². The maximum absolute atomic E-state index is 13.6. The summed E-state index contributed by atoms with van der Waals surface area (Å²) in [7, 11) is 1.61. The molecule has 2 aromatic carbocycles. The molecule has 0 spiro atoms. The average molecular weight is 495 g/mol. The van der Waals surface area contributed by atoms with Crippen molar-refractivity contribution < 1.29 is 14.3 Å². The van der Waals surface area contributed by atoms with Gasteiger partial charge in [-0.2, -0.15) is 0 Å². The van der Waals surface area contributed by atoms with Crippen molar-refractivity contribution in [3.05, 3.63) is 99.2 Å². The van der Waals surface area contributed by atoms with E-state index in [1.807, 2.05) is 53.4 Å². The fraction of sp³-hybridized carbons (Fsp3) is 0.259. The van der Waals surface area contributed by atoms with Crippen molar-refractivity contribution in [2.75, 3.05) is 26.7 Å². The highest BCUT2D eigenvalue weighted by Gasteiger charge is 2.33. The zero-order valence-electron chi connectivity index (χ0n) is 19.1. The number of nitrogens with zero attached hydrogens (tertiary/aromatic N) is 2. The van der Waals surface area contributed by atoms with Crippen LogP contribution in [0.5, 0.6) is 5.75 Å². The molecule has 176 valence electrons.